The van der Waals surface area contributed by atoms with Gasteiger partial charge in [0.1, 0.15) is 0 Å². The Kier molecular flexibility index (Phi) is 5.96. The summed E-state index contributed by atoms with van der Waals surface area (Å²) in [4.78, 5) is 11.6. The van der Waals surface area contributed by atoms with Crippen LogP contribution in [0.25, 0.3) is 0 Å². The highest BCUT2D eigenvalue weighted by molar-refractivity contribution is 5.78. The highest BCUT2D eigenvalue weighted by Gasteiger charge is 2.23. The van der Waals surface area contributed by atoms with Crippen molar-refractivity contribution in [3.05, 3.63) is 0 Å². The zero-order valence-electron chi connectivity index (χ0n) is 11.8. The number of rotatable bonds is 6. The predicted octanol–water partition coefficient (Wildman–Crippen LogP) is 2.17. The molecule has 0 saturated carbocycles. The van der Waals surface area contributed by atoms with Gasteiger partial charge in [-0.25, -0.2) is 0 Å². The number of carbonyl (C=O) groups excluding carboxylic acids is 1. The molecule has 3 heteroatoms. The van der Waals surface area contributed by atoms with Crippen LogP contribution < -0.4 is 5.32 Å². The van der Waals surface area contributed by atoms with E-state index in [4.69, 9.17) is 0 Å². The van der Waals surface area contributed by atoms with Crippen LogP contribution in [0, 0.1) is 5.92 Å². The molecule has 17 heavy (non-hydrogen) atoms. The Bertz CT molecular complexity index is 234. The summed E-state index contributed by atoms with van der Waals surface area (Å²) in [5.74, 6) is 0.378. The SMILES string of the molecule is CCC(C)C(=O)NCCC[N+]1(C)CCCCC1. The molecule has 1 fully saturated rings. The number of nitrogens with zero attached hydrogens (tertiary/aromatic N) is 1. The second-order valence-corrected chi connectivity index (χ2v) is 5.80. The van der Waals surface area contributed by atoms with E-state index in [1.807, 2.05) is 6.92 Å². The second-order valence-electron chi connectivity index (χ2n) is 5.80. The Labute approximate surface area is 106 Å². The average Bonchev–Trinajstić information content (AvgIpc) is 2.34. The molecule has 0 radical (unpaired) electrons. The van der Waals surface area contributed by atoms with E-state index >= 15 is 0 Å². The van der Waals surface area contributed by atoms with E-state index < -0.39 is 0 Å². The van der Waals surface area contributed by atoms with E-state index in [9.17, 15) is 4.79 Å². The number of hydrogen-bond donors (Lipinski definition) is 1. The molecule has 1 amide bonds. The van der Waals surface area contributed by atoms with Crippen molar-refractivity contribution in [3.63, 3.8) is 0 Å². The van der Waals surface area contributed by atoms with Gasteiger partial charge in [-0.05, 0) is 25.7 Å². The van der Waals surface area contributed by atoms with Gasteiger partial charge in [-0.2, -0.15) is 0 Å². The van der Waals surface area contributed by atoms with Gasteiger partial charge in [-0.3, -0.25) is 4.79 Å². The van der Waals surface area contributed by atoms with Crippen molar-refractivity contribution in [2.45, 2.75) is 46.0 Å². The van der Waals surface area contributed by atoms with Crippen LogP contribution in [0.1, 0.15) is 46.0 Å². The lowest BCUT2D eigenvalue weighted by atomic mass is 10.1. The first-order valence-electron chi connectivity index (χ1n) is 7.18. The molecule has 0 bridgehead atoms. The fraction of sp³-hybridized carbons (Fsp3) is 0.929. The van der Waals surface area contributed by atoms with Gasteiger partial charge in [-0.1, -0.05) is 13.8 Å². The molecular weight excluding hydrogens is 212 g/mol. The maximum absolute atomic E-state index is 11.6. The molecule has 1 heterocycles. The molecule has 1 aliphatic rings. The van der Waals surface area contributed by atoms with Gasteiger partial charge in [0.05, 0.1) is 26.7 Å². The molecule has 0 spiro atoms. The van der Waals surface area contributed by atoms with Gasteiger partial charge in [0.2, 0.25) is 5.91 Å². The first-order chi connectivity index (χ1) is 8.07. The van der Waals surface area contributed by atoms with Crippen LogP contribution >= 0.6 is 0 Å². The third-order valence-electron chi connectivity index (χ3n) is 4.13. The number of carbonyl (C=O) groups is 1. The molecule has 0 aromatic rings. The van der Waals surface area contributed by atoms with Crippen LogP contribution in [0.4, 0.5) is 0 Å². The number of piperidine rings is 1. The maximum Gasteiger partial charge on any atom is 0.222 e. The molecule has 0 aliphatic carbocycles. The normalized spacial score (nSPS) is 20.9. The molecule has 1 N–H and O–H groups in total. The van der Waals surface area contributed by atoms with Gasteiger partial charge in [0, 0.05) is 18.9 Å². The molecule has 0 aromatic carbocycles. The Morgan fingerprint density at radius 1 is 1.29 bits per heavy atom. The Morgan fingerprint density at radius 3 is 2.53 bits per heavy atom. The molecule has 1 aliphatic heterocycles. The Hall–Kier alpha value is -0.570. The molecule has 1 atom stereocenters. The summed E-state index contributed by atoms with van der Waals surface area (Å²) >= 11 is 0. The minimum absolute atomic E-state index is 0.162. The third-order valence-corrected chi connectivity index (χ3v) is 4.13. The van der Waals surface area contributed by atoms with Crippen molar-refractivity contribution >= 4 is 5.91 Å². The zero-order valence-corrected chi connectivity index (χ0v) is 11.8. The largest absolute Gasteiger partial charge is 0.356 e. The van der Waals surface area contributed by atoms with Crippen LogP contribution in [0.15, 0.2) is 0 Å². The Balaban J connectivity index is 2.13. The molecule has 0 aromatic heterocycles. The molecule has 3 nitrogen and oxygen atoms in total. The summed E-state index contributed by atoms with van der Waals surface area (Å²) in [5, 5.41) is 3.04. The van der Waals surface area contributed by atoms with E-state index in [0.717, 1.165) is 19.4 Å². The fourth-order valence-electron chi connectivity index (χ4n) is 2.53. The topological polar surface area (TPSA) is 29.1 Å². The standard InChI is InChI=1S/C14H28N2O/c1-4-13(2)14(17)15-9-8-12-16(3)10-6-5-7-11-16/h13H,4-12H2,1-3H3/p+1. The minimum atomic E-state index is 0.162. The fourth-order valence-corrected chi connectivity index (χ4v) is 2.53. The summed E-state index contributed by atoms with van der Waals surface area (Å²) in [7, 11) is 2.36. The minimum Gasteiger partial charge on any atom is -0.356 e. The summed E-state index contributed by atoms with van der Waals surface area (Å²) in [6.07, 6.45) is 6.18. The van der Waals surface area contributed by atoms with Gasteiger partial charge in [0.25, 0.3) is 0 Å². The lowest BCUT2D eigenvalue weighted by Crippen LogP contribution is -2.49. The Morgan fingerprint density at radius 2 is 1.94 bits per heavy atom. The van der Waals surface area contributed by atoms with Crippen LogP contribution in [0.2, 0.25) is 0 Å². The monoisotopic (exact) mass is 241 g/mol. The quantitative estimate of drug-likeness (QED) is 0.560. The van der Waals surface area contributed by atoms with Crippen molar-refractivity contribution in [1.29, 1.82) is 0 Å². The van der Waals surface area contributed by atoms with E-state index in [-0.39, 0.29) is 11.8 Å². The van der Waals surface area contributed by atoms with Crippen LogP contribution in [-0.4, -0.2) is 43.6 Å². The number of nitrogens with one attached hydrogen (secondary N) is 1. The number of likely N-dealkylation sites (tertiary alicyclic amines) is 1. The van der Waals surface area contributed by atoms with Crippen LogP contribution in [-0.2, 0) is 4.79 Å². The third kappa shape index (κ3) is 5.07. The van der Waals surface area contributed by atoms with Crippen molar-refractivity contribution in [2.24, 2.45) is 5.92 Å². The van der Waals surface area contributed by atoms with Crippen molar-refractivity contribution in [2.75, 3.05) is 33.2 Å². The number of quaternary nitrogens is 1. The lowest BCUT2D eigenvalue weighted by Gasteiger charge is -2.37. The lowest BCUT2D eigenvalue weighted by molar-refractivity contribution is -0.914. The number of amides is 1. The summed E-state index contributed by atoms with van der Waals surface area (Å²) in [5.41, 5.74) is 0. The van der Waals surface area contributed by atoms with Gasteiger partial charge >= 0.3 is 0 Å². The molecule has 1 rings (SSSR count). The molecular formula is C14H29N2O+. The van der Waals surface area contributed by atoms with Crippen LogP contribution in [0.5, 0.6) is 0 Å². The maximum atomic E-state index is 11.6. The van der Waals surface area contributed by atoms with Crippen LogP contribution in [0.3, 0.4) is 0 Å². The number of hydrogen-bond acceptors (Lipinski definition) is 1. The second kappa shape index (κ2) is 7.00. The summed E-state index contributed by atoms with van der Waals surface area (Å²) in [6, 6.07) is 0. The first-order valence-corrected chi connectivity index (χ1v) is 7.18. The predicted molar refractivity (Wildman–Crippen MR) is 71.7 cm³/mol. The van der Waals surface area contributed by atoms with E-state index in [2.05, 4.69) is 19.3 Å². The molecule has 100 valence electrons. The van der Waals surface area contributed by atoms with Crippen molar-refractivity contribution in [3.8, 4) is 0 Å². The van der Waals surface area contributed by atoms with E-state index in [1.165, 1.54) is 43.4 Å². The molecule has 1 saturated heterocycles. The van der Waals surface area contributed by atoms with Crippen molar-refractivity contribution < 1.29 is 9.28 Å². The first kappa shape index (κ1) is 14.5. The highest BCUT2D eigenvalue weighted by atomic mass is 16.1. The highest BCUT2D eigenvalue weighted by Crippen LogP contribution is 2.16. The smallest absolute Gasteiger partial charge is 0.222 e. The van der Waals surface area contributed by atoms with Gasteiger partial charge < -0.3 is 9.80 Å². The molecule has 1 unspecified atom stereocenters. The van der Waals surface area contributed by atoms with Crippen molar-refractivity contribution in [1.82, 2.24) is 5.32 Å². The average molecular weight is 241 g/mol. The van der Waals surface area contributed by atoms with E-state index in [1.54, 1.807) is 0 Å². The van der Waals surface area contributed by atoms with Gasteiger partial charge in [-0.15, -0.1) is 0 Å². The van der Waals surface area contributed by atoms with Gasteiger partial charge in [0.15, 0.2) is 0 Å². The zero-order chi connectivity index (χ0) is 12.7. The van der Waals surface area contributed by atoms with E-state index in [0.29, 0.717) is 0 Å². The summed E-state index contributed by atoms with van der Waals surface area (Å²) < 4.78 is 1.21. The summed E-state index contributed by atoms with van der Waals surface area (Å²) in [6.45, 7) is 8.74.